The summed E-state index contributed by atoms with van der Waals surface area (Å²) in [7, 11) is 0. The number of rotatable bonds is 3. The molecule has 0 spiro atoms. The fourth-order valence-corrected chi connectivity index (χ4v) is 2.38. The van der Waals surface area contributed by atoms with Crippen molar-refractivity contribution >= 4 is 17.3 Å². The Balaban J connectivity index is 1.74. The van der Waals surface area contributed by atoms with Crippen molar-refractivity contribution in [1.82, 2.24) is 9.88 Å². The highest BCUT2D eigenvalue weighted by Crippen LogP contribution is 2.18. The van der Waals surface area contributed by atoms with Crippen LogP contribution in [0.1, 0.15) is 15.9 Å². The van der Waals surface area contributed by atoms with E-state index in [1.54, 1.807) is 17.3 Å². The van der Waals surface area contributed by atoms with Gasteiger partial charge in [0.05, 0.1) is 30.7 Å². The number of morpholine rings is 1. The minimum atomic E-state index is 0.00311. The summed E-state index contributed by atoms with van der Waals surface area (Å²) in [4.78, 5) is 18.4. The zero-order valence-corrected chi connectivity index (χ0v) is 12.6. The van der Waals surface area contributed by atoms with Gasteiger partial charge in [-0.2, -0.15) is 0 Å². The van der Waals surface area contributed by atoms with Crippen LogP contribution in [0.4, 0.5) is 11.4 Å². The number of carbonyl (C=O) groups excluding carboxylic acids is 1. The molecule has 5 heteroatoms. The summed E-state index contributed by atoms with van der Waals surface area (Å²) in [6, 6.07) is 9.93. The molecule has 0 aliphatic carbocycles. The van der Waals surface area contributed by atoms with E-state index in [-0.39, 0.29) is 5.91 Å². The fraction of sp³-hybridized carbons (Fsp3) is 0.294. The average molecular weight is 297 g/mol. The van der Waals surface area contributed by atoms with E-state index in [0.29, 0.717) is 31.9 Å². The Morgan fingerprint density at radius 2 is 1.86 bits per heavy atom. The van der Waals surface area contributed by atoms with Crippen molar-refractivity contribution < 1.29 is 9.53 Å². The summed E-state index contributed by atoms with van der Waals surface area (Å²) >= 11 is 0. The summed E-state index contributed by atoms with van der Waals surface area (Å²) in [6.07, 6.45) is 3.33. The number of benzene rings is 1. The molecule has 1 aromatic carbocycles. The predicted molar refractivity (Wildman–Crippen MR) is 85.4 cm³/mol. The predicted octanol–water partition coefficient (Wildman–Crippen LogP) is 2.61. The molecule has 1 aliphatic heterocycles. The molecule has 1 aliphatic rings. The first-order valence-electron chi connectivity index (χ1n) is 7.38. The van der Waals surface area contributed by atoms with Gasteiger partial charge in [-0.1, -0.05) is 17.7 Å². The Kier molecular flexibility index (Phi) is 4.34. The molecular weight excluding hydrogens is 278 g/mol. The van der Waals surface area contributed by atoms with Crippen LogP contribution in [0, 0.1) is 6.92 Å². The molecule has 0 unspecified atom stereocenters. The van der Waals surface area contributed by atoms with Gasteiger partial charge in [0.2, 0.25) is 0 Å². The van der Waals surface area contributed by atoms with Crippen molar-refractivity contribution in [2.45, 2.75) is 6.92 Å². The van der Waals surface area contributed by atoms with Crippen LogP contribution in [0.3, 0.4) is 0 Å². The molecule has 1 fully saturated rings. The Hall–Kier alpha value is -2.40. The molecule has 3 rings (SSSR count). The molecule has 22 heavy (non-hydrogen) atoms. The third-order valence-corrected chi connectivity index (χ3v) is 3.62. The Morgan fingerprint density at radius 3 is 2.59 bits per heavy atom. The normalized spacial score (nSPS) is 14.7. The van der Waals surface area contributed by atoms with Crippen LogP contribution in [0.5, 0.6) is 0 Å². The van der Waals surface area contributed by atoms with Crippen LogP contribution in [-0.4, -0.2) is 42.1 Å². The SMILES string of the molecule is Cc1ccc(Nc2cncc(C(=O)N3CCOCC3)c2)cc1. The molecule has 0 atom stereocenters. The zero-order chi connectivity index (χ0) is 15.4. The monoisotopic (exact) mass is 297 g/mol. The maximum absolute atomic E-state index is 12.5. The molecule has 1 N–H and O–H groups in total. The van der Waals surface area contributed by atoms with E-state index in [4.69, 9.17) is 4.74 Å². The Morgan fingerprint density at radius 1 is 1.14 bits per heavy atom. The fourth-order valence-electron chi connectivity index (χ4n) is 2.38. The molecule has 114 valence electrons. The summed E-state index contributed by atoms with van der Waals surface area (Å²) in [5.41, 5.74) is 3.59. The second-order valence-electron chi connectivity index (χ2n) is 5.36. The van der Waals surface area contributed by atoms with E-state index in [2.05, 4.69) is 10.3 Å². The molecule has 0 radical (unpaired) electrons. The maximum Gasteiger partial charge on any atom is 0.255 e. The van der Waals surface area contributed by atoms with Gasteiger partial charge in [0.15, 0.2) is 0 Å². The smallest absolute Gasteiger partial charge is 0.255 e. The van der Waals surface area contributed by atoms with Gasteiger partial charge in [0.25, 0.3) is 5.91 Å². The molecule has 1 amide bonds. The van der Waals surface area contributed by atoms with Gasteiger partial charge in [-0.15, -0.1) is 0 Å². The first-order valence-corrected chi connectivity index (χ1v) is 7.38. The molecule has 0 saturated carbocycles. The minimum absolute atomic E-state index is 0.00311. The van der Waals surface area contributed by atoms with Crippen LogP contribution in [-0.2, 0) is 4.74 Å². The number of pyridine rings is 1. The van der Waals surface area contributed by atoms with Gasteiger partial charge in [-0.3, -0.25) is 9.78 Å². The second-order valence-corrected chi connectivity index (χ2v) is 5.36. The number of carbonyl (C=O) groups is 1. The number of amides is 1. The van der Waals surface area contributed by atoms with Gasteiger partial charge in [-0.25, -0.2) is 0 Å². The first kappa shape index (κ1) is 14.5. The number of nitrogens with zero attached hydrogens (tertiary/aromatic N) is 2. The van der Waals surface area contributed by atoms with Crippen LogP contribution in [0.15, 0.2) is 42.7 Å². The van der Waals surface area contributed by atoms with E-state index in [1.807, 2.05) is 37.3 Å². The molecule has 2 aromatic rings. The number of aryl methyl sites for hydroxylation is 1. The quantitative estimate of drug-likeness (QED) is 0.946. The summed E-state index contributed by atoms with van der Waals surface area (Å²) < 4.78 is 5.28. The lowest BCUT2D eigenvalue weighted by Gasteiger charge is -2.26. The highest BCUT2D eigenvalue weighted by Gasteiger charge is 2.18. The number of aromatic nitrogens is 1. The molecule has 2 heterocycles. The van der Waals surface area contributed by atoms with E-state index in [9.17, 15) is 4.79 Å². The Labute approximate surface area is 129 Å². The third-order valence-electron chi connectivity index (χ3n) is 3.62. The number of hydrogen-bond donors (Lipinski definition) is 1. The van der Waals surface area contributed by atoms with Gasteiger partial charge in [0, 0.05) is 25.0 Å². The summed E-state index contributed by atoms with van der Waals surface area (Å²) in [5.74, 6) is 0.00311. The van der Waals surface area contributed by atoms with Crippen molar-refractivity contribution in [2.75, 3.05) is 31.6 Å². The first-order chi connectivity index (χ1) is 10.7. The largest absolute Gasteiger partial charge is 0.378 e. The molecule has 1 aromatic heterocycles. The number of nitrogens with one attached hydrogen (secondary N) is 1. The molecular formula is C17H19N3O2. The third kappa shape index (κ3) is 3.43. The van der Waals surface area contributed by atoms with Crippen molar-refractivity contribution in [3.63, 3.8) is 0 Å². The number of ether oxygens (including phenoxy) is 1. The average Bonchev–Trinajstić information content (AvgIpc) is 2.57. The lowest BCUT2D eigenvalue weighted by atomic mass is 10.2. The lowest BCUT2D eigenvalue weighted by molar-refractivity contribution is 0.0302. The zero-order valence-electron chi connectivity index (χ0n) is 12.6. The van der Waals surface area contributed by atoms with Crippen LogP contribution >= 0.6 is 0 Å². The van der Waals surface area contributed by atoms with Crippen LogP contribution < -0.4 is 5.32 Å². The standard InChI is InChI=1S/C17H19N3O2/c1-13-2-4-15(5-3-13)19-16-10-14(11-18-12-16)17(21)20-6-8-22-9-7-20/h2-5,10-12,19H,6-9H2,1H3. The van der Waals surface area contributed by atoms with Gasteiger partial charge in [-0.05, 0) is 25.1 Å². The number of hydrogen-bond acceptors (Lipinski definition) is 4. The van der Waals surface area contributed by atoms with Crippen molar-refractivity contribution in [3.05, 3.63) is 53.9 Å². The number of anilines is 2. The molecule has 1 saturated heterocycles. The van der Waals surface area contributed by atoms with Gasteiger partial charge >= 0.3 is 0 Å². The van der Waals surface area contributed by atoms with Crippen molar-refractivity contribution in [2.24, 2.45) is 0 Å². The maximum atomic E-state index is 12.5. The van der Waals surface area contributed by atoms with E-state index in [1.165, 1.54) is 5.56 Å². The van der Waals surface area contributed by atoms with E-state index < -0.39 is 0 Å². The highest BCUT2D eigenvalue weighted by atomic mass is 16.5. The second kappa shape index (κ2) is 6.58. The van der Waals surface area contributed by atoms with Crippen LogP contribution in [0.25, 0.3) is 0 Å². The van der Waals surface area contributed by atoms with Gasteiger partial charge < -0.3 is 15.0 Å². The van der Waals surface area contributed by atoms with E-state index >= 15 is 0 Å². The summed E-state index contributed by atoms with van der Waals surface area (Å²) in [6.45, 7) is 4.51. The summed E-state index contributed by atoms with van der Waals surface area (Å²) in [5, 5.41) is 3.27. The highest BCUT2D eigenvalue weighted by molar-refractivity contribution is 5.95. The Bertz CT molecular complexity index is 649. The van der Waals surface area contributed by atoms with Gasteiger partial charge in [0.1, 0.15) is 0 Å². The minimum Gasteiger partial charge on any atom is -0.378 e. The topological polar surface area (TPSA) is 54.5 Å². The van der Waals surface area contributed by atoms with E-state index in [0.717, 1.165) is 11.4 Å². The van der Waals surface area contributed by atoms with Crippen molar-refractivity contribution in [1.29, 1.82) is 0 Å². The molecule has 5 nitrogen and oxygen atoms in total. The lowest BCUT2D eigenvalue weighted by Crippen LogP contribution is -2.40. The van der Waals surface area contributed by atoms with Crippen LogP contribution in [0.2, 0.25) is 0 Å². The molecule has 0 bridgehead atoms. The van der Waals surface area contributed by atoms with Crippen molar-refractivity contribution in [3.8, 4) is 0 Å².